The summed E-state index contributed by atoms with van der Waals surface area (Å²) in [4.78, 5) is 32.8. The number of hydrogen-bond donors (Lipinski definition) is 1. The molecule has 1 unspecified atom stereocenters. The van der Waals surface area contributed by atoms with Gasteiger partial charge in [0.05, 0.1) is 29.0 Å². The summed E-state index contributed by atoms with van der Waals surface area (Å²) in [6, 6.07) is 24.4. The van der Waals surface area contributed by atoms with E-state index in [1.807, 2.05) is 79.7 Å². The molecule has 1 aliphatic heterocycles. The van der Waals surface area contributed by atoms with E-state index in [-0.39, 0.29) is 11.5 Å². The van der Waals surface area contributed by atoms with Gasteiger partial charge in [-0.05, 0) is 59.9 Å². The predicted octanol–water partition coefficient (Wildman–Crippen LogP) is 5.01. The number of thiazole rings is 1. The topological polar surface area (TPSA) is 72.7 Å². The molecule has 0 saturated carbocycles. The minimum atomic E-state index is -0.603. The number of nitrogens with zero attached hydrogens (tertiary/aromatic N) is 2. The number of benzene rings is 3. The Morgan fingerprint density at radius 2 is 1.71 bits per heavy atom. The van der Waals surface area contributed by atoms with Crippen LogP contribution in [-0.4, -0.2) is 17.6 Å². The molecule has 7 heteroatoms. The molecule has 2 heterocycles. The van der Waals surface area contributed by atoms with Gasteiger partial charge in [-0.25, -0.2) is 4.99 Å². The summed E-state index contributed by atoms with van der Waals surface area (Å²) in [6.07, 6.45) is 1.85. The van der Waals surface area contributed by atoms with Crippen molar-refractivity contribution in [3.05, 3.63) is 127 Å². The molecule has 1 aromatic heterocycles. The first kappa shape index (κ1) is 25.4. The van der Waals surface area contributed by atoms with Crippen LogP contribution in [0.2, 0.25) is 0 Å². The van der Waals surface area contributed by atoms with Gasteiger partial charge in [0.2, 0.25) is 0 Å². The van der Waals surface area contributed by atoms with E-state index in [1.54, 1.807) is 11.7 Å². The van der Waals surface area contributed by atoms with Gasteiger partial charge in [0.25, 0.3) is 11.5 Å². The average Bonchev–Trinajstić information content (AvgIpc) is 3.22. The molecule has 5 rings (SSSR count). The van der Waals surface area contributed by atoms with Crippen LogP contribution in [0, 0.1) is 0 Å². The van der Waals surface area contributed by atoms with E-state index in [0.29, 0.717) is 32.2 Å². The lowest BCUT2D eigenvalue weighted by molar-refractivity contribution is -0.113. The van der Waals surface area contributed by atoms with Gasteiger partial charge in [-0.15, -0.1) is 0 Å². The number of carbonyl (C=O) groups is 1. The standard InChI is InChI=1S/C31H29N3O3S/c1-19(2)22-12-14-23(15-13-22)28-27(29(35)33-24-8-6-5-7-9-24)20(3)32-31-34(28)30(36)26(38-31)18-21-10-16-25(37-4)17-11-21/h5-19,28H,1-4H3,(H,33,35)/b26-18-. The maximum Gasteiger partial charge on any atom is 0.271 e. The van der Waals surface area contributed by atoms with Gasteiger partial charge in [-0.3, -0.25) is 14.2 Å². The number of rotatable bonds is 6. The van der Waals surface area contributed by atoms with Gasteiger partial charge in [0, 0.05) is 5.69 Å². The first-order valence-electron chi connectivity index (χ1n) is 12.5. The molecule has 1 amide bonds. The van der Waals surface area contributed by atoms with Crippen molar-refractivity contribution < 1.29 is 9.53 Å². The molecule has 0 aliphatic carbocycles. The minimum Gasteiger partial charge on any atom is -0.497 e. The lowest BCUT2D eigenvalue weighted by Crippen LogP contribution is -2.40. The van der Waals surface area contributed by atoms with Crippen LogP contribution in [0.4, 0.5) is 5.69 Å². The zero-order valence-corrected chi connectivity index (χ0v) is 22.6. The Morgan fingerprint density at radius 3 is 2.34 bits per heavy atom. The second kappa shape index (κ2) is 10.6. The van der Waals surface area contributed by atoms with Crippen molar-refractivity contribution in [2.24, 2.45) is 4.99 Å². The Labute approximate surface area is 225 Å². The van der Waals surface area contributed by atoms with Crippen LogP contribution in [0.1, 0.15) is 49.4 Å². The van der Waals surface area contributed by atoms with E-state index in [4.69, 9.17) is 9.73 Å². The first-order chi connectivity index (χ1) is 18.4. The summed E-state index contributed by atoms with van der Waals surface area (Å²) < 4.78 is 7.45. The number of fused-ring (bicyclic) bond motifs is 1. The highest BCUT2D eigenvalue weighted by Crippen LogP contribution is 2.31. The van der Waals surface area contributed by atoms with E-state index >= 15 is 0 Å². The van der Waals surface area contributed by atoms with Crippen molar-refractivity contribution in [1.29, 1.82) is 0 Å². The SMILES string of the molecule is COc1ccc(/C=c2\sc3n(c2=O)C(c2ccc(C(C)C)cc2)C(C(=O)Nc2ccccc2)=C(C)N=3)cc1. The van der Waals surface area contributed by atoms with Gasteiger partial charge in [-0.1, -0.05) is 79.8 Å². The number of allylic oxidation sites excluding steroid dienone is 1. The summed E-state index contributed by atoms with van der Waals surface area (Å²) >= 11 is 1.33. The predicted molar refractivity (Wildman–Crippen MR) is 152 cm³/mol. The molecule has 1 aliphatic rings. The number of ether oxygens (including phenoxy) is 1. The Hall–Kier alpha value is -4.23. The Balaban J connectivity index is 1.65. The zero-order valence-electron chi connectivity index (χ0n) is 21.8. The molecule has 0 saturated heterocycles. The molecule has 6 nitrogen and oxygen atoms in total. The molecule has 0 radical (unpaired) electrons. The Morgan fingerprint density at radius 1 is 1.03 bits per heavy atom. The molecule has 0 fully saturated rings. The van der Waals surface area contributed by atoms with Crippen molar-refractivity contribution in [2.75, 3.05) is 12.4 Å². The quantitative estimate of drug-likeness (QED) is 0.386. The summed E-state index contributed by atoms with van der Waals surface area (Å²) in [7, 11) is 1.62. The third kappa shape index (κ3) is 4.97. The zero-order chi connectivity index (χ0) is 26.8. The van der Waals surface area contributed by atoms with Crippen molar-refractivity contribution in [1.82, 2.24) is 4.57 Å². The highest BCUT2D eigenvalue weighted by molar-refractivity contribution is 7.07. The molecule has 0 spiro atoms. The second-order valence-electron chi connectivity index (χ2n) is 9.50. The molecule has 1 atom stereocenters. The number of para-hydroxylation sites is 1. The van der Waals surface area contributed by atoms with E-state index in [9.17, 15) is 9.59 Å². The lowest BCUT2D eigenvalue weighted by Gasteiger charge is -2.25. The van der Waals surface area contributed by atoms with Gasteiger partial charge in [0.1, 0.15) is 5.75 Å². The van der Waals surface area contributed by atoms with E-state index in [0.717, 1.165) is 16.9 Å². The lowest BCUT2D eigenvalue weighted by atomic mass is 9.93. The highest BCUT2D eigenvalue weighted by atomic mass is 32.1. The number of nitrogens with one attached hydrogen (secondary N) is 1. The van der Waals surface area contributed by atoms with Crippen molar-refractivity contribution >= 4 is 29.0 Å². The number of carbonyl (C=O) groups excluding carboxylic acids is 1. The van der Waals surface area contributed by atoms with Gasteiger partial charge in [0.15, 0.2) is 4.80 Å². The van der Waals surface area contributed by atoms with Crippen molar-refractivity contribution in [2.45, 2.75) is 32.7 Å². The maximum absolute atomic E-state index is 13.8. The number of anilines is 1. The first-order valence-corrected chi connectivity index (χ1v) is 13.3. The highest BCUT2D eigenvalue weighted by Gasteiger charge is 2.32. The molecule has 1 N–H and O–H groups in total. The fourth-order valence-electron chi connectivity index (χ4n) is 4.56. The monoisotopic (exact) mass is 523 g/mol. The molecule has 4 aromatic rings. The van der Waals surface area contributed by atoms with Crippen LogP contribution in [0.15, 0.2) is 99.9 Å². The van der Waals surface area contributed by atoms with Gasteiger partial charge in [-0.2, -0.15) is 0 Å². The Kier molecular flexibility index (Phi) is 7.11. The molecular formula is C31H29N3O3S. The summed E-state index contributed by atoms with van der Waals surface area (Å²) in [6.45, 7) is 6.11. The second-order valence-corrected chi connectivity index (χ2v) is 10.5. The third-order valence-electron chi connectivity index (χ3n) is 6.63. The smallest absolute Gasteiger partial charge is 0.271 e. The van der Waals surface area contributed by atoms with E-state index in [2.05, 4.69) is 31.3 Å². The molecule has 192 valence electrons. The van der Waals surface area contributed by atoms with Crippen LogP contribution in [0.5, 0.6) is 5.75 Å². The fraction of sp³-hybridized carbons (Fsp3) is 0.194. The Bertz CT molecular complexity index is 1680. The number of amides is 1. The van der Waals surface area contributed by atoms with Gasteiger partial charge >= 0.3 is 0 Å². The van der Waals surface area contributed by atoms with E-state index in [1.165, 1.54) is 16.9 Å². The normalized spacial score (nSPS) is 15.3. The number of hydrogen-bond acceptors (Lipinski definition) is 5. The third-order valence-corrected chi connectivity index (χ3v) is 7.61. The maximum atomic E-state index is 13.8. The van der Waals surface area contributed by atoms with Crippen LogP contribution in [0.3, 0.4) is 0 Å². The summed E-state index contributed by atoms with van der Waals surface area (Å²) in [5.41, 5.74) is 4.48. The molecule has 3 aromatic carbocycles. The van der Waals surface area contributed by atoms with Crippen LogP contribution < -0.4 is 24.9 Å². The van der Waals surface area contributed by atoms with Crippen LogP contribution in [0.25, 0.3) is 6.08 Å². The van der Waals surface area contributed by atoms with Gasteiger partial charge < -0.3 is 10.1 Å². The fourth-order valence-corrected chi connectivity index (χ4v) is 5.61. The molecule has 38 heavy (non-hydrogen) atoms. The summed E-state index contributed by atoms with van der Waals surface area (Å²) in [5.74, 6) is 0.839. The van der Waals surface area contributed by atoms with E-state index < -0.39 is 6.04 Å². The number of methoxy groups -OCH3 is 1. The number of aromatic nitrogens is 1. The largest absolute Gasteiger partial charge is 0.497 e. The van der Waals surface area contributed by atoms with Crippen LogP contribution in [-0.2, 0) is 4.79 Å². The molecule has 0 bridgehead atoms. The van der Waals surface area contributed by atoms with Crippen molar-refractivity contribution in [3.63, 3.8) is 0 Å². The summed E-state index contributed by atoms with van der Waals surface area (Å²) in [5, 5.41) is 2.99. The minimum absolute atomic E-state index is 0.181. The molecular weight excluding hydrogens is 494 g/mol. The van der Waals surface area contributed by atoms with Crippen molar-refractivity contribution in [3.8, 4) is 5.75 Å². The van der Waals surface area contributed by atoms with Crippen LogP contribution >= 0.6 is 11.3 Å². The average molecular weight is 524 g/mol.